The van der Waals surface area contributed by atoms with E-state index < -0.39 is 11.0 Å². The van der Waals surface area contributed by atoms with Crippen LogP contribution in [-0.2, 0) is 0 Å². The smallest absolute Gasteiger partial charge is 0.409 e. The van der Waals surface area contributed by atoms with Crippen LogP contribution < -0.4 is 10.2 Å². The fraction of sp³-hybridized carbons (Fsp3) is 0.417. The first kappa shape index (κ1) is 13.3. The number of hydrazine groups is 1. The molecule has 0 unspecified atom stereocenters. The van der Waals surface area contributed by atoms with Crippen LogP contribution in [0.4, 0.5) is 10.5 Å². The average molecular weight is 265 g/mol. The quantitative estimate of drug-likeness (QED) is 0.668. The van der Waals surface area contributed by atoms with E-state index in [1.165, 1.54) is 30.7 Å². The number of nitrogens with one attached hydrogen (secondary N) is 1. The molecule has 7 nitrogen and oxygen atoms in total. The predicted molar refractivity (Wildman–Crippen MR) is 67.7 cm³/mol. The van der Waals surface area contributed by atoms with E-state index in [0.29, 0.717) is 0 Å². The number of benzene rings is 1. The van der Waals surface area contributed by atoms with Gasteiger partial charge >= 0.3 is 6.09 Å². The van der Waals surface area contributed by atoms with Crippen LogP contribution in [0.2, 0.25) is 0 Å². The van der Waals surface area contributed by atoms with Crippen LogP contribution >= 0.6 is 0 Å². The van der Waals surface area contributed by atoms with Crippen molar-refractivity contribution in [1.82, 2.24) is 10.4 Å². The maximum absolute atomic E-state index is 11.6. The van der Waals surface area contributed by atoms with E-state index in [9.17, 15) is 14.9 Å². The molecule has 0 aliphatic carbocycles. The van der Waals surface area contributed by atoms with E-state index in [4.69, 9.17) is 4.74 Å². The van der Waals surface area contributed by atoms with E-state index >= 15 is 0 Å². The van der Waals surface area contributed by atoms with Crippen LogP contribution in [0, 0.1) is 10.1 Å². The van der Waals surface area contributed by atoms with E-state index in [1.54, 1.807) is 0 Å². The first-order valence-electron chi connectivity index (χ1n) is 6.13. The fourth-order valence-electron chi connectivity index (χ4n) is 1.90. The van der Waals surface area contributed by atoms with Crippen molar-refractivity contribution in [3.8, 4) is 5.75 Å². The minimum Gasteiger partial charge on any atom is -0.409 e. The minimum absolute atomic E-state index is 0.0382. The van der Waals surface area contributed by atoms with Gasteiger partial charge in [-0.3, -0.25) is 15.5 Å². The zero-order valence-corrected chi connectivity index (χ0v) is 10.4. The van der Waals surface area contributed by atoms with Crippen LogP contribution in [0.3, 0.4) is 0 Å². The Hall–Kier alpha value is -2.15. The van der Waals surface area contributed by atoms with E-state index in [1.807, 2.05) is 5.01 Å². The summed E-state index contributed by atoms with van der Waals surface area (Å²) in [7, 11) is 0. The molecular formula is C12H15N3O4. The van der Waals surface area contributed by atoms with Gasteiger partial charge in [0, 0.05) is 25.2 Å². The molecule has 1 amide bonds. The Morgan fingerprint density at radius 3 is 2.42 bits per heavy atom. The van der Waals surface area contributed by atoms with Gasteiger partial charge in [-0.1, -0.05) is 6.42 Å². The second-order valence-corrected chi connectivity index (χ2v) is 4.30. The fourth-order valence-corrected chi connectivity index (χ4v) is 1.90. The normalized spacial score (nSPS) is 15.8. The molecule has 1 heterocycles. The number of nitrogens with zero attached hydrogens (tertiary/aromatic N) is 2. The number of carbonyl (C=O) groups is 1. The van der Waals surface area contributed by atoms with Crippen molar-refractivity contribution in [1.29, 1.82) is 0 Å². The molecule has 0 atom stereocenters. The molecule has 0 radical (unpaired) electrons. The summed E-state index contributed by atoms with van der Waals surface area (Å²) in [6, 6.07) is 5.38. The number of amides is 1. The lowest BCUT2D eigenvalue weighted by atomic mass is 10.2. The van der Waals surface area contributed by atoms with Gasteiger partial charge in [-0.2, -0.15) is 0 Å². The highest BCUT2D eigenvalue weighted by Crippen LogP contribution is 2.17. The molecule has 0 saturated carbocycles. The van der Waals surface area contributed by atoms with Crippen LogP contribution in [0.1, 0.15) is 19.3 Å². The second kappa shape index (κ2) is 6.14. The molecule has 2 rings (SSSR count). The Kier molecular flexibility index (Phi) is 4.30. The molecule has 1 saturated heterocycles. The van der Waals surface area contributed by atoms with Gasteiger partial charge in [0.05, 0.1) is 4.92 Å². The molecule has 1 aliphatic rings. The third-order valence-corrected chi connectivity index (χ3v) is 2.86. The summed E-state index contributed by atoms with van der Waals surface area (Å²) >= 11 is 0. The standard InChI is InChI=1S/C12H15N3O4/c16-12(13-14-8-2-1-3-9-14)19-11-6-4-10(5-7-11)15(17)18/h4-7H,1-3,8-9H2,(H,13,16). The molecule has 0 spiro atoms. The largest absolute Gasteiger partial charge is 0.427 e. The van der Waals surface area contributed by atoms with Crippen molar-refractivity contribution in [2.24, 2.45) is 0 Å². The van der Waals surface area contributed by atoms with E-state index in [0.717, 1.165) is 25.9 Å². The van der Waals surface area contributed by atoms with Gasteiger partial charge in [0.25, 0.3) is 5.69 Å². The van der Waals surface area contributed by atoms with Crippen molar-refractivity contribution in [2.75, 3.05) is 13.1 Å². The highest BCUT2D eigenvalue weighted by Gasteiger charge is 2.14. The van der Waals surface area contributed by atoms with Gasteiger partial charge in [-0.15, -0.1) is 0 Å². The number of piperidine rings is 1. The summed E-state index contributed by atoms with van der Waals surface area (Å²) in [5.74, 6) is 0.278. The molecule has 0 aromatic heterocycles. The van der Waals surface area contributed by atoms with Crippen molar-refractivity contribution >= 4 is 11.8 Å². The summed E-state index contributed by atoms with van der Waals surface area (Å²) in [6.45, 7) is 1.63. The molecule has 1 aliphatic heterocycles. The zero-order valence-electron chi connectivity index (χ0n) is 10.4. The molecule has 0 bridgehead atoms. The molecule has 19 heavy (non-hydrogen) atoms. The van der Waals surface area contributed by atoms with Gasteiger partial charge < -0.3 is 4.74 Å². The van der Waals surface area contributed by atoms with Crippen molar-refractivity contribution < 1.29 is 14.5 Å². The Morgan fingerprint density at radius 2 is 1.84 bits per heavy atom. The molecule has 7 heteroatoms. The Balaban J connectivity index is 1.85. The van der Waals surface area contributed by atoms with Crippen LogP contribution in [0.25, 0.3) is 0 Å². The lowest BCUT2D eigenvalue weighted by molar-refractivity contribution is -0.384. The number of rotatable bonds is 3. The molecule has 1 aromatic carbocycles. The maximum Gasteiger partial charge on any atom is 0.427 e. The number of non-ortho nitro benzene ring substituents is 1. The molecule has 1 aromatic rings. The summed E-state index contributed by atoms with van der Waals surface area (Å²) in [5, 5.41) is 12.3. The van der Waals surface area contributed by atoms with Gasteiger partial charge in [0.15, 0.2) is 0 Å². The SMILES string of the molecule is O=C(NN1CCCCC1)Oc1ccc([N+](=O)[O-])cc1. The van der Waals surface area contributed by atoms with Crippen LogP contribution in [0.5, 0.6) is 5.75 Å². The molecule has 102 valence electrons. The van der Waals surface area contributed by atoms with Gasteiger partial charge in [-0.05, 0) is 25.0 Å². The van der Waals surface area contributed by atoms with Gasteiger partial charge in [0.2, 0.25) is 0 Å². The zero-order chi connectivity index (χ0) is 13.7. The average Bonchev–Trinajstić information content (AvgIpc) is 2.40. The number of ether oxygens (including phenoxy) is 1. The summed E-state index contributed by atoms with van der Waals surface area (Å²) in [6.07, 6.45) is 2.71. The number of hydrogen-bond donors (Lipinski definition) is 1. The van der Waals surface area contributed by atoms with Crippen molar-refractivity contribution in [2.45, 2.75) is 19.3 Å². The minimum atomic E-state index is -0.573. The first-order valence-corrected chi connectivity index (χ1v) is 6.13. The molecule has 1 fully saturated rings. The molecular weight excluding hydrogens is 250 g/mol. The van der Waals surface area contributed by atoms with Crippen molar-refractivity contribution in [3.05, 3.63) is 34.4 Å². The predicted octanol–water partition coefficient (Wildman–Crippen LogP) is 2.08. The Morgan fingerprint density at radius 1 is 1.21 bits per heavy atom. The van der Waals surface area contributed by atoms with Gasteiger partial charge in [0.1, 0.15) is 5.75 Å². The monoisotopic (exact) mass is 265 g/mol. The van der Waals surface area contributed by atoms with E-state index in [2.05, 4.69) is 5.43 Å². The number of carbonyl (C=O) groups excluding carboxylic acids is 1. The third kappa shape index (κ3) is 3.92. The topological polar surface area (TPSA) is 84.7 Å². The number of nitro benzene ring substituents is 1. The van der Waals surface area contributed by atoms with E-state index in [-0.39, 0.29) is 11.4 Å². The number of hydrogen-bond acceptors (Lipinski definition) is 5. The lowest BCUT2D eigenvalue weighted by Crippen LogP contribution is -2.46. The second-order valence-electron chi connectivity index (χ2n) is 4.30. The summed E-state index contributed by atoms with van der Waals surface area (Å²) in [4.78, 5) is 21.6. The summed E-state index contributed by atoms with van der Waals surface area (Å²) < 4.78 is 5.04. The maximum atomic E-state index is 11.6. The first-order chi connectivity index (χ1) is 9.15. The Bertz CT molecular complexity index is 455. The lowest BCUT2D eigenvalue weighted by Gasteiger charge is -2.26. The van der Waals surface area contributed by atoms with Crippen LogP contribution in [-0.4, -0.2) is 29.1 Å². The third-order valence-electron chi connectivity index (χ3n) is 2.86. The van der Waals surface area contributed by atoms with Crippen LogP contribution in [0.15, 0.2) is 24.3 Å². The highest BCUT2D eigenvalue weighted by atomic mass is 16.6. The van der Waals surface area contributed by atoms with Gasteiger partial charge in [-0.25, -0.2) is 9.80 Å². The highest BCUT2D eigenvalue weighted by molar-refractivity contribution is 5.69. The summed E-state index contributed by atoms with van der Waals surface area (Å²) in [5.41, 5.74) is 2.60. The molecule has 1 N–H and O–H groups in total. The van der Waals surface area contributed by atoms with Crippen molar-refractivity contribution in [3.63, 3.8) is 0 Å². The number of nitro groups is 1. The Labute approximate surface area is 110 Å².